The Morgan fingerprint density at radius 1 is 1.19 bits per heavy atom. The Balaban J connectivity index is 1.95. The van der Waals surface area contributed by atoms with E-state index < -0.39 is 28.7 Å². The van der Waals surface area contributed by atoms with Gasteiger partial charge >= 0.3 is 0 Å². The standard InChI is InChI=1S/C22H36BrN3O4S/c1-4-7-8-10-25-20(29)18-22-11-14(23)17(31-22)15(19(28)24-9-5-2)16(22)21(30)26(18)13(6-3)12-27/h13-18,27H,4-12H2,1-3H3,(H,24,28)(H,25,29)/t13-,14?,15-,16-,17-,18?,22?/m0/s1. The number of rotatable bonds is 11. The molecule has 0 saturated carbocycles. The highest BCUT2D eigenvalue weighted by Gasteiger charge is 2.76. The van der Waals surface area contributed by atoms with Crippen LogP contribution < -0.4 is 10.6 Å². The van der Waals surface area contributed by atoms with Crippen molar-refractivity contribution >= 4 is 45.4 Å². The summed E-state index contributed by atoms with van der Waals surface area (Å²) in [6.07, 6.45) is 5.06. The molecular weight excluding hydrogens is 482 g/mol. The summed E-state index contributed by atoms with van der Waals surface area (Å²) in [6.45, 7) is 6.99. The van der Waals surface area contributed by atoms with Gasteiger partial charge in [0, 0.05) is 23.2 Å². The number of hydrogen-bond acceptors (Lipinski definition) is 5. The van der Waals surface area contributed by atoms with Crippen LogP contribution in [0, 0.1) is 11.8 Å². The van der Waals surface area contributed by atoms with Crippen molar-refractivity contribution in [3.05, 3.63) is 0 Å². The third-order valence-electron chi connectivity index (χ3n) is 6.98. The molecule has 3 heterocycles. The molecule has 31 heavy (non-hydrogen) atoms. The Bertz CT molecular complexity index is 692. The minimum Gasteiger partial charge on any atom is -0.394 e. The van der Waals surface area contributed by atoms with Gasteiger partial charge in [-0.05, 0) is 25.7 Å². The number of fused-ring (bicyclic) bond motifs is 1. The molecule has 7 nitrogen and oxygen atoms in total. The van der Waals surface area contributed by atoms with E-state index in [9.17, 15) is 19.5 Å². The van der Waals surface area contributed by atoms with Gasteiger partial charge in [-0.15, -0.1) is 11.8 Å². The minimum absolute atomic E-state index is 0.0300. The summed E-state index contributed by atoms with van der Waals surface area (Å²) >= 11 is 5.39. The number of hydrogen-bond donors (Lipinski definition) is 3. The van der Waals surface area contributed by atoms with E-state index in [4.69, 9.17) is 0 Å². The summed E-state index contributed by atoms with van der Waals surface area (Å²) in [5.74, 6) is -1.38. The fourth-order valence-corrected chi connectivity index (χ4v) is 9.12. The van der Waals surface area contributed by atoms with Crippen molar-refractivity contribution in [1.82, 2.24) is 15.5 Å². The zero-order valence-electron chi connectivity index (χ0n) is 18.7. The van der Waals surface area contributed by atoms with E-state index in [1.54, 1.807) is 16.7 Å². The van der Waals surface area contributed by atoms with Gasteiger partial charge in [-0.2, -0.15) is 0 Å². The number of alkyl halides is 1. The molecule has 3 aliphatic heterocycles. The summed E-state index contributed by atoms with van der Waals surface area (Å²) in [5, 5.41) is 16.0. The van der Waals surface area contributed by atoms with Gasteiger partial charge in [0.05, 0.1) is 29.2 Å². The molecule has 2 bridgehead atoms. The van der Waals surface area contributed by atoms with Gasteiger partial charge < -0.3 is 20.6 Å². The van der Waals surface area contributed by atoms with Gasteiger partial charge in [0.15, 0.2) is 0 Å². The number of nitrogens with zero attached hydrogens (tertiary/aromatic N) is 1. The maximum Gasteiger partial charge on any atom is 0.244 e. The lowest BCUT2D eigenvalue weighted by molar-refractivity contribution is -0.142. The average molecular weight is 519 g/mol. The van der Waals surface area contributed by atoms with Gasteiger partial charge in [0.2, 0.25) is 17.7 Å². The summed E-state index contributed by atoms with van der Waals surface area (Å²) in [4.78, 5) is 42.0. The predicted octanol–water partition coefficient (Wildman–Crippen LogP) is 2.05. The normalized spacial score (nSPS) is 34.7. The first-order valence-corrected chi connectivity index (χ1v) is 13.5. The van der Waals surface area contributed by atoms with E-state index in [1.807, 2.05) is 13.8 Å². The maximum atomic E-state index is 13.7. The van der Waals surface area contributed by atoms with Crippen molar-refractivity contribution in [3.63, 3.8) is 0 Å². The molecule has 3 amide bonds. The van der Waals surface area contributed by atoms with Crippen LogP contribution in [0.4, 0.5) is 0 Å². The quantitative estimate of drug-likeness (QED) is 0.287. The van der Waals surface area contributed by atoms with Crippen LogP contribution in [0.1, 0.15) is 59.3 Å². The van der Waals surface area contributed by atoms with Gasteiger partial charge in [-0.25, -0.2) is 0 Å². The van der Waals surface area contributed by atoms with Crippen molar-refractivity contribution in [3.8, 4) is 0 Å². The Kier molecular flexibility index (Phi) is 8.35. The highest BCUT2D eigenvalue weighted by atomic mass is 79.9. The van der Waals surface area contributed by atoms with Crippen LogP contribution in [0.25, 0.3) is 0 Å². The highest BCUT2D eigenvalue weighted by Crippen LogP contribution is 2.67. The van der Waals surface area contributed by atoms with Crippen LogP contribution in [0.15, 0.2) is 0 Å². The second kappa shape index (κ2) is 10.4. The molecule has 3 saturated heterocycles. The molecular formula is C22H36BrN3O4S. The van der Waals surface area contributed by atoms with E-state index in [0.29, 0.717) is 25.9 Å². The predicted molar refractivity (Wildman–Crippen MR) is 126 cm³/mol. The number of nitrogens with one attached hydrogen (secondary N) is 2. The summed E-state index contributed by atoms with van der Waals surface area (Å²) in [5.41, 5.74) is 0. The Morgan fingerprint density at radius 2 is 1.90 bits per heavy atom. The van der Waals surface area contributed by atoms with Crippen LogP contribution in [0.2, 0.25) is 0 Å². The number of aliphatic hydroxyl groups excluding tert-OH is 1. The first-order valence-electron chi connectivity index (χ1n) is 11.7. The molecule has 0 aromatic rings. The van der Waals surface area contributed by atoms with Crippen molar-refractivity contribution in [2.75, 3.05) is 19.7 Å². The van der Waals surface area contributed by atoms with Crippen LogP contribution in [-0.4, -0.2) is 74.3 Å². The summed E-state index contributed by atoms with van der Waals surface area (Å²) in [6, 6.07) is -1.09. The summed E-state index contributed by atoms with van der Waals surface area (Å²) in [7, 11) is 0. The molecule has 3 rings (SSSR count). The van der Waals surface area contributed by atoms with Crippen molar-refractivity contribution in [1.29, 1.82) is 0 Å². The average Bonchev–Trinajstić information content (AvgIpc) is 3.34. The second-order valence-corrected chi connectivity index (χ2v) is 11.7. The number of halogens is 1. The second-order valence-electron chi connectivity index (χ2n) is 8.94. The van der Waals surface area contributed by atoms with E-state index in [-0.39, 0.29) is 34.4 Å². The molecule has 176 valence electrons. The highest BCUT2D eigenvalue weighted by molar-refractivity contribution is 9.09. The SMILES string of the molecule is CCCCCNC(=O)C1N([C@@H](CC)CO)C(=O)[C@@H]2[C@H](C(=O)NCCC)[C@H]3SC12CC3Br. The van der Waals surface area contributed by atoms with Crippen molar-refractivity contribution in [2.45, 2.75) is 86.2 Å². The van der Waals surface area contributed by atoms with E-state index in [1.165, 1.54) is 0 Å². The topological polar surface area (TPSA) is 98.7 Å². The van der Waals surface area contributed by atoms with Gasteiger partial charge in [0.1, 0.15) is 6.04 Å². The first-order chi connectivity index (χ1) is 14.9. The Labute approximate surface area is 198 Å². The third-order valence-corrected chi connectivity index (χ3v) is 10.2. The number of unbranched alkanes of at least 4 members (excludes halogenated alkanes) is 2. The lowest BCUT2D eigenvalue weighted by Crippen LogP contribution is -2.57. The number of aliphatic hydroxyl groups is 1. The molecule has 9 heteroatoms. The minimum atomic E-state index is -0.664. The maximum absolute atomic E-state index is 13.7. The first kappa shape index (κ1) is 24.8. The third kappa shape index (κ3) is 4.26. The fraction of sp³-hybridized carbons (Fsp3) is 0.864. The zero-order valence-corrected chi connectivity index (χ0v) is 21.1. The van der Waals surface area contributed by atoms with E-state index >= 15 is 0 Å². The largest absolute Gasteiger partial charge is 0.394 e. The van der Waals surface area contributed by atoms with Gasteiger partial charge in [-0.1, -0.05) is 49.5 Å². The Morgan fingerprint density at radius 3 is 2.52 bits per heavy atom. The molecule has 3 aliphatic rings. The number of thioether (sulfide) groups is 1. The lowest BCUT2D eigenvalue weighted by atomic mass is 9.70. The van der Waals surface area contributed by atoms with Gasteiger partial charge in [0.25, 0.3) is 0 Å². The van der Waals surface area contributed by atoms with E-state index in [0.717, 1.165) is 25.7 Å². The fourth-order valence-electron chi connectivity index (χ4n) is 5.52. The molecule has 0 aromatic heterocycles. The molecule has 1 spiro atoms. The molecule has 3 fully saturated rings. The molecule has 0 aliphatic carbocycles. The van der Waals surface area contributed by atoms with Gasteiger partial charge in [-0.3, -0.25) is 14.4 Å². The molecule has 0 radical (unpaired) electrons. The molecule has 3 unspecified atom stereocenters. The van der Waals surface area contributed by atoms with Crippen LogP contribution in [0.5, 0.6) is 0 Å². The van der Waals surface area contributed by atoms with Crippen LogP contribution in [0.3, 0.4) is 0 Å². The number of likely N-dealkylation sites (tertiary alicyclic amines) is 1. The van der Waals surface area contributed by atoms with Crippen molar-refractivity contribution < 1.29 is 19.5 Å². The number of amides is 3. The number of carbonyl (C=O) groups is 3. The zero-order chi connectivity index (χ0) is 22.8. The molecule has 7 atom stereocenters. The van der Waals surface area contributed by atoms with Crippen LogP contribution >= 0.6 is 27.7 Å². The van der Waals surface area contributed by atoms with Crippen molar-refractivity contribution in [2.24, 2.45) is 11.8 Å². The lowest BCUT2D eigenvalue weighted by Gasteiger charge is -2.37. The Hall–Kier alpha value is -0.800. The van der Waals surface area contributed by atoms with Crippen LogP contribution in [-0.2, 0) is 14.4 Å². The summed E-state index contributed by atoms with van der Waals surface area (Å²) < 4.78 is -0.637. The number of carbonyl (C=O) groups excluding carboxylic acids is 3. The smallest absolute Gasteiger partial charge is 0.244 e. The monoisotopic (exact) mass is 517 g/mol. The van der Waals surface area contributed by atoms with E-state index in [2.05, 4.69) is 33.5 Å². The molecule has 0 aromatic carbocycles. The molecule has 3 N–H and O–H groups in total.